The van der Waals surface area contributed by atoms with Crippen molar-refractivity contribution in [3.05, 3.63) is 59.7 Å². The van der Waals surface area contributed by atoms with Crippen molar-refractivity contribution in [1.82, 2.24) is 0 Å². The monoisotopic (exact) mass is 334 g/mol. The lowest BCUT2D eigenvalue weighted by atomic mass is 10.2. The summed E-state index contributed by atoms with van der Waals surface area (Å²) >= 11 is 10.7. The molecule has 0 aromatic heterocycles. The molecule has 2 rings (SSSR count). The van der Waals surface area contributed by atoms with Crippen molar-refractivity contribution in [2.24, 2.45) is 0 Å². The third-order valence-corrected chi connectivity index (χ3v) is 3.44. The number of benzene rings is 2. The SMILES string of the molecule is C#Cc1cccc(NC(=S)CC(=S)Nc2cccc(C#C)c2)c1. The smallest absolute Gasteiger partial charge is 0.0865 e. The van der Waals surface area contributed by atoms with Crippen molar-refractivity contribution in [1.29, 1.82) is 0 Å². The highest BCUT2D eigenvalue weighted by Gasteiger charge is 2.04. The molecule has 2 nitrogen and oxygen atoms in total. The van der Waals surface area contributed by atoms with Crippen LogP contribution in [-0.4, -0.2) is 9.98 Å². The fraction of sp³-hybridized carbons (Fsp3) is 0.0526. The molecular formula is C19H14N2S2. The molecule has 2 aromatic rings. The Bertz CT molecular complexity index is 756. The molecule has 0 atom stereocenters. The first-order chi connectivity index (χ1) is 11.1. The number of rotatable bonds is 4. The third kappa shape index (κ3) is 5.23. The van der Waals surface area contributed by atoms with E-state index in [1.54, 1.807) is 0 Å². The molecule has 0 saturated heterocycles. The zero-order valence-electron chi connectivity index (χ0n) is 12.3. The Kier molecular flexibility index (Phi) is 5.88. The van der Waals surface area contributed by atoms with Gasteiger partial charge in [-0.3, -0.25) is 0 Å². The molecule has 0 heterocycles. The summed E-state index contributed by atoms with van der Waals surface area (Å²) in [6.07, 6.45) is 11.2. The minimum absolute atomic E-state index is 0.436. The molecule has 4 heteroatoms. The Balaban J connectivity index is 1.93. The molecule has 0 bridgehead atoms. The van der Waals surface area contributed by atoms with Gasteiger partial charge in [0.15, 0.2) is 0 Å². The first-order valence-corrected chi connectivity index (χ1v) is 7.65. The van der Waals surface area contributed by atoms with Gasteiger partial charge in [-0.05, 0) is 36.4 Å². The highest BCUT2D eigenvalue weighted by atomic mass is 32.1. The van der Waals surface area contributed by atoms with Crippen LogP contribution in [0.4, 0.5) is 11.4 Å². The Labute approximate surface area is 147 Å². The van der Waals surface area contributed by atoms with Crippen LogP contribution in [0.25, 0.3) is 0 Å². The Morgan fingerprint density at radius 2 is 1.26 bits per heavy atom. The summed E-state index contributed by atoms with van der Waals surface area (Å²) in [5, 5.41) is 6.26. The van der Waals surface area contributed by atoms with Crippen molar-refractivity contribution in [2.75, 3.05) is 10.6 Å². The van der Waals surface area contributed by atoms with Crippen molar-refractivity contribution in [3.63, 3.8) is 0 Å². The van der Waals surface area contributed by atoms with E-state index in [-0.39, 0.29) is 0 Å². The van der Waals surface area contributed by atoms with Crippen LogP contribution < -0.4 is 10.6 Å². The summed E-state index contributed by atoms with van der Waals surface area (Å²) < 4.78 is 0. The molecule has 0 amide bonds. The minimum atomic E-state index is 0.436. The normalized spacial score (nSPS) is 9.30. The Morgan fingerprint density at radius 1 is 0.826 bits per heavy atom. The van der Waals surface area contributed by atoms with Crippen LogP contribution >= 0.6 is 24.4 Å². The average Bonchev–Trinajstić information content (AvgIpc) is 2.54. The lowest BCUT2D eigenvalue weighted by Gasteiger charge is -2.11. The van der Waals surface area contributed by atoms with Crippen LogP contribution in [0, 0.1) is 24.7 Å². The number of hydrogen-bond acceptors (Lipinski definition) is 2. The van der Waals surface area contributed by atoms with E-state index in [0.717, 1.165) is 22.5 Å². The molecule has 0 aliphatic heterocycles. The summed E-state index contributed by atoms with van der Waals surface area (Å²) in [6.45, 7) is 0. The van der Waals surface area contributed by atoms with Crippen LogP contribution in [0.2, 0.25) is 0 Å². The lowest BCUT2D eigenvalue weighted by Crippen LogP contribution is -2.18. The maximum absolute atomic E-state index is 5.38. The second-order valence-electron chi connectivity index (χ2n) is 4.72. The van der Waals surface area contributed by atoms with Gasteiger partial charge in [-0.1, -0.05) is 48.4 Å². The molecule has 23 heavy (non-hydrogen) atoms. The van der Waals surface area contributed by atoms with Crippen LogP contribution in [0.15, 0.2) is 48.5 Å². The summed E-state index contributed by atoms with van der Waals surface area (Å²) in [5.41, 5.74) is 3.29. The van der Waals surface area contributed by atoms with Crippen LogP contribution in [0.3, 0.4) is 0 Å². The van der Waals surface area contributed by atoms with Gasteiger partial charge in [-0.25, -0.2) is 0 Å². The zero-order valence-corrected chi connectivity index (χ0v) is 13.9. The van der Waals surface area contributed by atoms with Gasteiger partial charge in [0, 0.05) is 28.9 Å². The number of thiocarbonyl (C=S) groups is 2. The van der Waals surface area contributed by atoms with E-state index in [9.17, 15) is 0 Å². The average molecular weight is 334 g/mol. The summed E-state index contributed by atoms with van der Waals surface area (Å²) in [5.74, 6) is 5.17. The maximum Gasteiger partial charge on any atom is 0.0865 e. The van der Waals surface area contributed by atoms with Crippen molar-refractivity contribution in [3.8, 4) is 24.7 Å². The molecule has 0 radical (unpaired) electrons. The van der Waals surface area contributed by atoms with Crippen LogP contribution in [-0.2, 0) is 0 Å². The maximum atomic E-state index is 5.38. The van der Waals surface area contributed by atoms with E-state index in [0.29, 0.717) is 16.4 Å². The molecule has 2 N–H and O–H groups in total. The topological polar surface area (TPSA) is 24.1 Å². The fourth-order valence-corrected chi connectivity index (χ4v) is 2.55. The van der Waals surface area contributed by atoms with E-state index < -0.39 is 0 Å². The number of nitrogens with one attached hydrogen (secondary N) is 2. The molecule has 0 spiro atoms. The molecule has 0 saturated carbocycles. The molecule has 2 aromatic carbocycles. The largest absolute Gasteiger partial charge is 0.350 e. The van der Waals surface area contributed by atoms with Gasteiger partial charge in [-0.15, -0.1) is 12.8 Å². The van der Waals surface area contributed by atoms with Crippen LogP contribution in [0.5, 0.6) is 0 Å². The molecule has 0 aliphatic carbocycles. The standard InChI is InChI=1S/C19H14N2S2/c1-3-14-7-5-9-16(11-14)20-18(22)13-19(23)21-17-10-6-8-15(4-2)12-17/h1-2,5-12H,13H2,(H,20,22)(H,21,23). The van der Waals surface area contributed by atoms with Gasteiger partial charge < -0.3 is 10.6 Å². The minimum Gasteiger partial charge on any atom is -0.350 e. The van der Waals surface area contributed by atoms with Crippen LogP contribution in [0.1, 0.15) is 17.5 Å². The van der Waals surface area contributed by atoms with Crippen molar-refractivity contribution in [2.45, 2.75) is 6.42 Å². The van der Waals surface area contributed by atoms with Crippen molar-refractivity contribution < 1.29 is 0 Å². The predicted molar refractivity (Wildman–Crippen MR) is 106 cm³/mol. The van der Waals surface area contributed by atoms with E-state index in [4.69, 9.17) is 37.3 Å². The summed E-state index contributed by atoms with van der Waals surface area (Å²) in [4.78, 5) is 1.23. The van der Waals surface area contributed by atoms with E-state index in [1.165, 1.54) is 0 Å². The first-order valence-electron chi connectivity index (χ1n) is 6.84. The van der Waals surface area contributed by atoms with Gasteiger partial charge >= 0.3 is 0 Å². The van der Waals surface area contributed by atoms with Gasteiger partial charge in [0.1, 0.15) is 0 Å². The number of hydrogen-bond donors (Lipinski definition) is 2. The zero-order chi connectivity index (χ0) is 16.7. The van der Waals surface area contributed by atoms with E-state index in [1.807, 2.05) is 48.5 Å². The summed E-state index contributed by atoms with van der Waals surface area (Å²) in [7, 11) is 0. The molecular weight excluding hydrogens is 320 g/mol. The van der Waals surface area contributed by atoms with Gasteiger partial charge in [-0.2, -0.15) is 0 Å². The second kappa shape index (κ2) is 8.10. The molecule has 112 valence electrons. The van der Waals surface area contributed by atoms with Gasteiger partial charge in [0.2, 0.25) is 0 Å². The molecule has 0 fully saturated rings. The highest BCUT2D eigenvalue weighted by Crippen LogP contribution is 2.13. The highest BCUT2D eigenvalue weighted by molar-refractivity contribution is 7.82. The predicted octanol–water partition coefficient (Wildman–Crippen LogP) is 4.22. The molecule has 0 unspecified atom stereocenters. The third-order valence-electron chi connectivity index (χ3n) is 2.95. The fourth-order valence-electron chi connectivity index (χ4n) is 1.93. The van der Waals surface area contributed by atoms with Gasteiger partial charge in [0.05, 0.1) is 9.98 Å². The second-order valence-corrected chi connectivity index (χ2v) is 5.71. The lowest BCUT2D eigenvalue weighted by molar-refractivity contribution is 1.52. The summed E-state index contributed by atoms with van der Waals surface area (Å²) in [6, 6.07) is 15.0. The number of anilines is 2. The first kappa shape index (κ1) is 16.7. The van der Waals surface area contributed by atoms with Gasteiger partial charge in [0.25, 0.3) is 0 Å². The van der Waals surface area contributed by atoms with Crippen molar-refractivity contribution >= 4 is 45.8 Å². The quantitative estimate of drug-likeness (QED) is 0.646. The molecule has 0 aliphatic rings. The van der Waals surface area contributed by atoms with E-state index in [2.05, 4.69) is 22.5 Å². The van der Waals surface area contributed by atoms with E-state index >= 15 is 0 Å². The number of terminal acetylenes is 2. The Hall–Kier alpha value is -2.66. The Morgan fingerprint density at radius 3 is 1.65 bits per heavy atom.